The molecule has 3 aromatic rings. The van der Waals surface area contributed by atoms with Gasteiger partial charge in [0.15, 0.2) is 0 Å². The summed E-state index contributed by atoms with van der Waals surface area (Å²) in [5.74, 6) is 1.85. The van der Waals surface area contributed by atoms with E-state index in [4.69, 9.17) is 14.2 Å². The molecule has 0 heterocycles. The van der Waals surface area contributed by atoms with Gasteiger partial charge in [-0.2, -0.15) is 0 Å². The molecule has 10 nitrogen and oxygen atoms in total. The summed E-state index contributed by atoms with van der Waals surface area (Å²) in [4.78, 5) is 41.7. The van der Waals surface area contributed by atoms with Crippen LogP contribution < -0.4 is 30.2 Å². The van der Waals surface area contributed by atoms with Crippen LogP contribution in [0.15, 0.2) is 72.8 Å². The number of unbranched alkanes of at least 4 members (excludes halogenated alkanes) is 27. The van der Waals surface area contributed by atoms with Crippen LogP contribution in [0, 0.1) is 0 Å². The lowest BCUT2D eigenvalue weighted by Crippen LogP contribution is -2.43. The largest absolute Gasteiger partial charge is 0.494 e. The van der Waals surface area contributed by atoms with Gasteiger partial charge in [0.1, 0.15) is 17.2 Å². The fourth-order valence-corrected chi connectivity index (χ4v) is 9.07. The smallest absolute Gasteiger partial charge is 0.251 e. The zero-order valence-corrected chi connectivity index (χ0v) is 46.4. The van der Waals surface area contributed by atoms with Crippen LogP contribution >= 0.6 is 0 Å². The Morgan fingerprint density at radius 2 is 0.521 bits per heavy atom. The molecule has 3 aromatic carbocycles. The summed E-state index contributed by atoms with van der Waals surface area (Å²) in [7, 11) is 0. The first-order valence-electron chi connectivity index (χ1n) is 29.7. The minimum absolute atomic E-state index is 0.158. The summed E-state index contributed by atoms with van der Waals surface area (Å²) >= 11 is 0. The second-order valence-corrected chi connectivity index (χ2v) is 20.3. The maximum Gasteiger partial charge on any atom is 0.251 e. The second kappa shape index (κ2) is 43.8. The zero-order chi connectivity index (χ0) is 52.1. The molecule has 410 valence electrons. The third-order valence-electron chi connectivity index (χ3n) is 13.8. The fourth-order valence-electron chi connectivity index (χ4n) is 9.07. The molecular formula is C63H102N4O6. The normalized spacial score (nSPS) is 11.2. The Morgan fingerprint density at radius 1 is 0.315 bits per heavy atom. The van der Waals surface area contributed by atoms with Gasteiger partial charge in [-0.25, -0.2) is 0 Å². The Balaban J connectivity index is 1.41. The van der Waals surface area contributed by atoms with Crippen molar-refractivity contribution in [1.82, 2.24) is 20.9 Å². The van der Waals surface area contributed by atoms with Crippen LogP contribution in [0.25, 0.3) is 0 Å². The Hall–Kier alpha value is -4.57. The highest BCUT2D eigenvalue weighted by Crippen LogP contribution is 2.18. The molecule has 0 bridgehead atoms. The number of carbonyl (C=O) groups excluding carboxylic acids is 3. The monoisotopic (exact) mass is 1010 g/mol. The molecule has 0 saturated carbocycles. The lowest BCUT2D eigenvalue weighted by atomic mass is 10.1. The summed E-state index contributed by atoms with van der Waals surface area (Å²) in [6, 6.07) is 22.0. The van der Waals surface area contributed by atoms with E-state index >= 15 is 0 Å². The minimum atomic E-state index is -0.158. The van der Waals surface area contributed by atoms with Crippen molar-refractivity contribution < 1.29 is 28.6 Å². The molecule has 3 N–H and O–H groups in total. The number of benzene rings is 3. The molecule has 0 aliphatic rings. The molecule has 0 unspecified atom stereocenters. The number of nitrogens with one attached hydrogen (secondary N) is 3. The summed E-state index contributed by atoms with van der Waals surface area (Å²) in [5.41, 5.74) is 1.72. The predicted molar refractivity (Wildman–Crippen MR) is 305 cm³/mol. The number of rotatable bonds is 48. The van der Waals surface area contributed by atoms with E-state index in [1.165, 1.54) is 173 Å². The minimum Gasteiger partial charge on any atom is -0.494 e. The van der Waals surface area contributed by atoms with Gasteiger partial charge in [0.05, 0.1) is 19.8 Å². The molecule has 3 rings (SSSR count). The van der Waals surface area contributed by atoms with Crippen molar-refractivity contribution in [2.75, 3.05) is 59.1 Å². The zero-order valence-electron chi connectivity index (χ0n) is 46.4. The summed E-state index contributed by atoms with van der Waals surface area (Å²) in [6.45, 7) is 11.6. The molecule has 0 aromatic heterocycles. The average molecular weight is 1010 g/mol. The van der Waals surface area contributed by atoms with E-state index in [1.807, 2.05) is 36.4 Å². The van der Waals surface area contributed by atoms with Crippen molar-refractivity contribution in [3.8, 4) is 17.2 Å². The fraction of sp³-hybridized carbons (Fsp3) is 0.667. The van der Waals surface area contributed by atoms with E-state index in [1.54, 1.807) is 36.4 Å². The van der Waals surface area contributed by atoms with Gasteiger partial charge < -0.3 is 30.2 Å². The van der Waals surface area contributed by atoms with Gasteiger partial charge in [0.25, 0.3) is 17.7 Å². The van der Waals surface area contributed by atoms with Crippen LogP contribution in [0.5, 0.6) is 17.2 Å². The third kappa shape index (κ3) is 32.4. The highest BCUT2D eigenvalue weighted by Gasteiger charge is 2.13. The topological polar surface area (TPSA) is 118 Å². The van der Waals surface area contributed by atoms with E-state index in [2.05, 4.69) is 41.6 Å². The number of hydrogen-bond acceptors (Lipinski definition) is 7. The molecule has 73 heavy (non-hydrogen) atoms. The predicted octanol–water partition coefficient (Wildman–Crippen LogP) is 15.5. The van der Waals surface area contributed by atoms with E-state index in [0.717, 1.165) is 36.5 Å². The molecule has 0 fully saturated rings. The van der Waals surface area contributed by atoms with Gasteiger partial charge in [0.2, 0.25) is 0 Å². The highest BCUT2D eigenvalue weighted by molar-refractivity contribution is 5.95. The van der Waals surface area contributed by atoms with Crippen molar-refractivity contribution in [2.24, 2.45) is 0 Å². The van der Waals surface area contributed by atoms with Crippen LogP contribution in [0.3, 0.4) is 0 Å². The first-order chi connectivity index (χ1) is 35.9. The van der Waals surface area contributed by atoms with Crippen LogP contribution in [-0.2, 0) is 0 Å². The molecule has 3 amide bonds. The summed E-state index contributed by atoms with van der Waals surface area (Å²) < 4.78 is 17.9. The lowest BCUT2D eigenvalue weighted by molar-refractivity contribution is 0.0948. The van der Waals surface area contributed by atoms with Crippen molar-refractivity contribution >= 4 is 17.7 Å². The number of amides is 3. The van der Waals surface area contributed by atoms with Crippen molar-refractivity contribution in [2.45, 2.75) is 213 Å². The molecule has 0 atom stereocenters. The SMILES string of the molecule is CCCCCCCCCCCCOc1ccc(C(=O)NCCN(CCNC(=O)c2ccc(OCCCCCCCCCCCC)cc2)CCNC(=O)c2ccc(OCCCCCCCCCCCC)cc2)cc1. The first kappa shape index (κ1) is 62.7. The van der Waals surface area contributed by atoms with E-state index in [-0.39, 0.29) is 17.7 Å². The summed E-state index contributed by atoms with van der Waals surface area (Å²) in [6.07, 6.45) is 38.5. The molecule has 0 aliphatic carbocycles. The quantitative estimate of drug-likeness (QED) is 0.0482. The van der Waals surface area contributed by atoms with Crippen LogP contribution in [0.4, 0.5) is 0 Å². The standard InChI is InChI=1S/C63H102N4O6/c1-4-7-10-13-16-19-22-25-28-31-52-71-58-40-34-55(35-41-58)61(68)64-46-49-67(50-47-65-62(69)56-36-42-59(43-37-56)72-53-32-29-26-23-20-17-14-11-8-5-2)51-48-66-63(70)57-38-44-60(45-39-57)73-54-33-30-27-24-21-18-15-12-9-6-3/h34-45H,4-33,46-54H2,1-3H3,(H,64,68)(H,65,69)(H,66,70). The Morgan fingerprint density at radius 3 is 0.740 bits per heavy atom. The Kier molecular flexibility index (Phi) is 37.6. The van der Waals surface area contributed by atoms with Crippen molar-refractivity contribution in [3.63, 3.8) is 0 Å². The van der Waals surface area contributed by atoms with Gasteiger partial charge in [-0.1, -0.05) is 194 Å². The molecule has 0 radical (unpaired) electrons. The maximum atomic E-state index is 13.2. The maximum absolute atomic E-state index is 13.2. The lowest BCUT2D eigenvalue weighted by Gasteiger charge is -2.23. The van der Waals surface area contributed by atoms with Gasteiger partial charge >= 0.3 is 0 Å². The molecule has 0 spiro atoms. The first-order valence-corrected chi connectivity index (χ1v) is 29.7. The molecular weight excluding hydrogens is 909 g/mol. The second-order valence-electron chi connectivity index (χ2n) is 20.3. The highest BCUT2D eigenvalue weighted by atomic mass is 16.5. The third-order valence-corrected chi connectivity index (χ3v) is 13.8. The van der Waals surface area contributed by atoms with Gasteiger partial charge in [0, 0.05) is 56.0 Å². The van der Waals surface area contributed by atoms with Crippen LogP contribution in [0.2, 0.25) is 0 Å². The number of ether oxygens (including phenoxy) is 3. The van der Waals surface area contributed by atoms with Crippen LogP contribution in [0.1, 0.15) is 244 Å². The number of hydrogen-bond donors (Lipinski definition) is 3. The average Bonchev–Trinajstić information content (AvgIpc) is 3.41. The van der Waals surface area contributed by atoms with Gasteiger partial charge in [-0.15, -0.1) is 0 Å². The molecule has 0 saturated heterocycles. The summed E-state index contributed by atoms with van der Waals surface area (Å²) in [5, 5.41) is 9.16. The Bertz CT molecular complexity index is 1580. The molecule has 0 aliphatic heterocycles. The van der Waals surface area contributed by atoms with Crippen molar-refractivity contribution in [3.05, 3.63) is 89.5 Å². The van der Waals surface area contributed by atoms with Gasteiger partial charge in [-0.3, -0.25) is 19.3 Å². The van der Waals surface area contributed by atoms with Crippen LogP contribution in [-0.4, -0.2) is 81.7 Å². The van der Waals surface area contributed by atoms with E-state index < -0.39 is 0 Å². The number of nitrogens with zero attached hydrogens (tertiary/aromatic N) is 1. The van der Waals surface area contributed by atoms with E-state index in [9.17, 15) is 14.4 Å². The van der Waals surface area contributed by atoms with Gasteiger partial charge in [-0.05, 0) is 92.1 Å². The molecule has 10 heteroatoms. The van der Waals surface area contributed by atoms with E-state index in [0.29, 0.717) is 75.8 Å². The van der Waals surface area contributed by atoms with Crippen molar-refractivity contribution in [1.29, 1.82) is 0 Å². The number of carbonyl (C=O) groups is 3. The Labute approximate surface area is 444 Å².